The van der Waals surface area contributed by atoms with Crippen molar-refractivity contribution in [2.75, 3.05) is 32.4 Å². The Labute approximate surface area is 176 Å². The van der Waals surface area contributed by atoms with Gasteiger partial charge in [-0.1, -0.05) is 12.1 Å². The zero-order valence-corrected chi connectivity index (χ0v) is 17.8. The van der Waals surface area contributed by atoms with E-state index in [1.165, 1.54) is 12.1 Å². The molecule has 0 radical (unpaired) electrons. The lowest BCUT2D eigenvalue weighted by atomic mass is 10.1. The van der Waals surface area contributed by atoms with Crippen LogP contribution in [0, 0.1) is 5.82 Å². The largest absolute Gasteiger partial charge is 0.357 e. The average molecular weight is 417 g/mol. The Bertz CT molecular complexity index is 796. The third kappa shape index (κ3) is 8.56. The highest BCUT2D eigenvalue weighted by molar-refractivity contribution is 7.99. The number of nitrogens with zero attached hydrogens (tertiary/aromatic N) is 1. The number of rotatable bonds is 10. The van der Waals surface area contributed by atoms with Gasteiger partial charge in [0.25, 0.3) is 5.91 Å². The average Bonchev–Trinajstić information content (AvgIpc) is 2.74. The van der Waals surface area contributed by atoms with Crippen molar-refractivity contribution in [1.29, 1.82) is 0 Å². The zero-order valence-electron chi connectivity index (χ0n) is 17.0. The predicted octanol–water partition coefficient (Wildman–Crippen LogP) is 3.47. The highest BCUT2D eigenvalue weighted by Crippen LogP contribution is 2.18. The minimum Gasteiger partial charge on any atom is -0.357 e. The molecule has 0 fully saturated rings. The number of amides is 1. The maximum atomic E-state index is 12.9. The quantitative estimate of drug-likeness (QED) is 0.240. The maximum absolute atomic E-state index is 12.9. The first-order valence-corrected chi connectivity index (χ1v) is 10.8. The van der Waals surface area contributed by atoms with Crippen molar-refractivity contribution in [2.24, 2.45) is 4.99 Å². The number of nitrogens with one attached hydrogen (secondary N) is 3. The minimum atomic E-state index is -0.208. The fourth-order valence-corrected chi connectivity index (χ4v) is 3.49. The molecule has 0 aromatic heterocycles. The van der Waals surface area contributed by atoms with E-state index in [1.807, 2.05) is 31.2 Å². The molecule has 0 aliphatic rings. The molecule has 0 bridgehead atoms. The van der Waals surface area contributed by atoms with Crippen LogP contribution in [0.5, 0.6) is 0 Å². The van der Waals surface area contributed by atoms with Gasteiger partial charge in [0.05, 0.1) is 0 Å². The molecule has 0 aliphatic carbocycles. The number of halogens is 1. The molecule has 0 unspecified atom stereocenters. The second kappa shape index (κ2) is 12.8. The highest BCUT2D eigenvalue weighted by Gasteiger charge is 2.04. The van der Waals surface area contributed by atoms with Crippen LogP contribution >= 0.6 is 11.8 Å². The minimum absolute atomic E-state index is 0.0757. The summed E-state index contributed by atoms with van der Waals surface area (Å²) in [6.45, 7) is 4.28. The number of benzene rings is 2. The SMILES string of the molecule is CCNC(=NCCCSc1ccc(F)cc1)NCCc1cccc(C(=O)NC)c1. The van der Waals surface area contributed by atoms with Crippen LogP contribution in [-0.2, 0) is 6.42 Å². The summed E-state index contributed by atoms with van der Waals surface area (Å²) in [7, 11) is 1.63. The number of thioether (sulfide) groups is 1. The molecule has 0 saturated heterocycles. The van der Waals surface area contributed by atoms with Crippen LogP contribution in [0.3, 0.4) is 0 Å². The van der Waals surface area contributed by atoms with Crippen molar-refractivity contribution in [2.45, 2.75) is 24.7 Å². The Kier molecular flexibility index (Phi) is 10.1. The van der Waals surface area contributed by atoms with Crippen LogP contribution in [0.25, 0.3) is 0 Å². The van der Waals surface area contributed by atoms with Crippen LogP contribution in [0.2, 0.25) is 0 Å². The number of aliphatic imine (C=N–C) groups is 1. The molecule has 2 rings (SSSR count). The van der Waals surface area contributed by atoms with Gasteiger partial charge in [-0.15, -0.1) is 11.8 Å². The lowest BCUT2D eigenvalue weighted by Crippen LogP contribution is -2.38. The van der Waals surface area contributed by atoms with Crippen LogP contribution < -0.4 is 16.0 Å². The third-order valence-electron chi connectivity index (χ3n) is 4.12. The van der Waals surface area contributed by atoms with Gasteiger partial charge in [-0.2, -0.15) is 0 Å². The Morgan fingerprint density at radius 3 is 2.66 bits per heavy atom. The van der Waals surface area contributed by atoms with Gasteiger partial charge in [-0.3, -0.25) is 9.79 Å². The standard InChI is InChI=1S/C22H29FN4OS/c1-3-25-22(26-13-5-15-29-20-10-8-19(23)9-11-20)27-14-12-17-6-4-7-18(16-17)21(28)24-2/h4,6-11,16H,3,5,12-15H2,1-2H3,(H,24,28)(H2,25,26,27). The predicted molar refractivity (Wildman–Crippen MR) is 119 cm³/mol. The first-order valence-electron chi connectivity index (χ1n) is 9.84. The highest BCUT2D eigenvalue weighted by atomic mass is 32.2. The molecule has 0 saturated carbocycles. The van der Waals surface area contributed by atoms with Crippen molar-refractivity contribution < 1.29 is 9.18 Å². The van der Waals surface area contributed by atoms with Gasteiger partial charge in [0.2, 0.25) is 0 Å². The molecule has 2 aromatic carbocycles. The molecule has 3 N–H and O–H groups in total. The third-order valence-corrected chi connectivity index (χ3v) is 5.22. The second-order valence-corrected chi connectivity index (χ2v) is 7.54. The number of hydrogen-bond acceptors (Lipinski definition) is 3. The fraction of sp³-hybridized carbons (Fsp3) is 0.364. The van der Waals surface area contributed by atoms with Crippen molar-refractivity contribution in [3.05, 3.63) is 65.5 Å². The summed E-state index contributed by atoms with van der Waals surface area (Å²) < 4.78 is 12.9. The van der Waals surface area contributed by atoms with Gasteiger partial charge >= 0.3 is 0 Å². The molecule has 29 heavy (non-hydrogen) atoms. The molecule has 1 amide bonds. The summed E-state index contributed by atoms with van der Waals surface area (Å²) >= 11 is 1.71. The van der Waals surface area contributed by atoms with E-state index in [2.05, 4.69) is 20.9 Å². The topological polar surface area (TPSA) is 65.5 Å². The van der Waals surface area contributed by atoms with Crippen molar-refractivity contribution in [3.8, 4) is 0 Å². The van der Waals surface area contributed by atoms with Gasteiger partial charge in [0.1, 0.15) is 5.82 Å². The number of carbonyl (C=O) groups excluding carboxylic acids is 1. The molecule has 0 spiro atoms. The monoisotopic (exact) mass is 416 g/mol. The van der Waals surface area contributed by atoms with Crippen molar-refractivity contribution in [1.82, 2.24) is 16.0 Å². The van der Waals surface area contributed by atoms with Gasteiger partial charge in [0.15, 0.2) is 5.96 Å². The van der Waals surface area contributed by atoms with E-state index in [1.54, 1.807) is 30.9 Å². The summed E-state index contributed by atoms with van der Waals surface area (Å²) in [4.78, 5) is 17.4. The van der Waals surface area contributed by atoms with Crippen molar-refractivity contribution >= 4 is 23.6 Å². The summed E-state index contributed by atoms with van der Waals surface area (Å²) in [6, 6.07) is 14.2. The van der Waals surface area contributed by atoms with E-state index in [0.717, 1.165) is 54.6 Å². The molecule has 156 valence electrons. The lowest BCUT2D eigenvalue weighted by molar-refractivity contribution is 0.0963. The van der Waals surface area contributed by atoms with E-state index >= 15 is 0 Å². The van der Waals surface area contributed by atoms with Crippen LogP contribution in [0.15, 0.2) is 58.4 Å². The number of guanidine groups is 1. The van der Waals surface area contributed by atoms with E-state index in [-0.39, 0.29) is 11.7 Å². The Morgan fingerprint density at radius 2 is 1.93 bits per heavy atom. The summed E-state index contributed by atoms with van der Waals surface area (Å²) in [5.74, 6) is 1.44. The molecule has 0 heterocycles. The summed E-state index contributed by atoms with van der Waals surface area (Å²) in [5, 5.41) is 9.23. The van der Waals surface area contributed by atoms with E-state index in [4.69, 9.17) is 0 Å². The van der Waals surface area contributed by atoms with E-state index < -0.39 is 0 Å². The second-order valence-electron chi connectivity index (χ2n) is 6.37. The molecular formula is C22H29FN4OS. The lowest BCUT2D eigenvalue weighted by Gasteiger charge is -2.11. The molecule has 0 aliphatic heterocycles. The molecule has 7 heteroatoms. The van der Waals surface area contributed by atoms with Crippen molar-refractivity contribution in [3.63, 3.8) is 0 Å². The fourth-order valence-electron chi connectivity index (χ4n) is 2.66. The Balaban J connectivity index is 1.74. The first-order chi connectivity index (χ1) is 14.1. The van der Waals surface area contributed by atoms with Crippen LogP contribution in [0.4, 0.5) is 4.39 Å². The normalized spacial score (nSPS) is 11.2. The summed E-state index contributed by atoms with van der Waals surface area (Å²) in [5.41, 5.74) is 1.77. The first kappa shape index (κ1) is 22.7. The Hall–Kier alpha value is -2.54. The van der Waals surface area contributed by atoms with Gasteiger partial charge in [-0.25, -0.2) is 4.39 Å². The zero-order chi connectivity index (χ0) is 20.9. The molecular weight excluding hydrogens is 387 g/mol. The molecule has 0 atom stereocenters. The smallest absolute Gasteiger partial charge is 0.251 e. The number of carbonyl (C=O) groups is 1. The van der Waals surface area contributed by atoms with Gasteiger partial charge < -0.3 is 16.0 Å². The number of hydrogen-bond donors (Lipinski definition) is 3. The van der Waals surface area contributed by atoms with E-state index in [9.17, 15) is 9.18 Å². The molecule has 5 nitrogen and oxygen atoms in total. The van der Waals surface area contributed by atoms with Crippen LogP contribution in [-0.4, -0.2) is 44.3 Å². The van der Waals surface area contributed by atoms with Gasteiger partial charge in [0, 0.05) is 37.1 Å². The maximum Gasteiger partial charge on any atom is 0.251 e. The van der Waals surface area contributed by atoms with E-state index in [0.29, 0.717) is 5.56 Å². The summed E-state index contributed by atoms with van der Waals surface area (Å²) in [6.07, 6.45) is 1.74. The Morgan fingerprint density at radius 1 is 1.14 bits per heavy atom. The van der Waals surface area contributed by atoms with Gasteiger partial charge in [-0.05, 0) is 67.5 Å². The molecule has 2 aromatic rings. The van der Waals surface area contributed by atoms with Crippen LogP contribution in [0.1, 0.15) is 29.3 Å².